The fourth-order valence-electron chi connectivity index (χ4n) is 2.29. The Labute approximate surface area is 136 Å². The zero-order chi connectivity index (χ0) is 17.1. The van der Waals surface area contributed by atoms with Crippen LogP contribution in [-0.2, 0) is 0 Å². The van der Waals surface area contributed by atoms with Crippen LogP contribution < -0.4 is 5.73 Å². The van der Waals surface area contributed by atoms with E-state index in [1.165, 1.54) is 29.2 Å². The quantitative estimate of drug-likeness (QED) is 0.585. The molecule has 0 aromatic carbocycles. The lowest BCUT2D eigenvalue weighted by Crippen LogP contribution is -2.02. The summed E-state index contributed by atoms with van der Waals surface area (Å²) in [5.41, 5.74) is 8.63. The molecule has 0 radical (unpaired) electrons. The first-order valence-corrected chi connectivity index (χ1v) is 6.92. The predicted octanol–water partition coefficient (Wildman–Crippen LogP) is 1.80. The van der Waals surface area contributed by atoms with E-state index in [9.17, 15) is 9.65 Å². The van der Waals surface area contributed by atoms with Gasteiger partial charge in [0.1, 0.15) is 17.1 Å². The molecule has 0 aliphatic heterocycles. The van der Waals surface area contributed by atoms with Gasteiger partial charge in [0.15, 0.2) is 0 Å². The maximum absolute atomic E-state index is 13.1. The molecule has 8 heteroatoms. The Morgan fingerprint density at radius 2 is 2.25 bits per heavy atom. The Morgan fingerprint density at radius 1 is 1.42 bits per heavy atom. The molecule has 3 aromatic heterocycles. The summed E-state index contributed by atoms with van der Waals surface area (Å²) in [6.45, 7) is 0. The number of fused-ring (bicyclic) bond motifs is 1. The zero-order valence-corrected chi connectivity index (χ0v) is 12.7. The van der Waals surface area contributed by atoms with Crippen molar-refractivity contribution in [3.05, 3.63) is 54.1 Å². The fourth-order valence-corrected chi connectivity index (χ4v) is 2.29. The minimum atomic E-state index is -0.597. The Balaban J connectivity index is 2.33. The minimum absolute atomic E-state index is 0.357. The van der Waals surface area contributed by atoms with Crippen molar-refractivity contribution >= 4 is 17.3 Å². The normalized spacial score (nSPS) is 12.0. The van der Waals surface area contributed by atoms with E-state index < -0.39 is 5.95 Å². The van der Waals surface area contributed by atoms with E-state index in [2.05, 4.69) is 26.1 Å². The number of nitrogens with zero attached hydrogens (tertiary/aromatic N) is 6. The smallest absolute Gasteiger partial charge is 0.212 e. The molecule has 0 atom stereocenters. The van der Waals surface area contributed by atoms with Crippen molar-refractivity contribution in [2.24, 2.45) is 10.7 Å². The van der Waals surface area contributed by atoms with Gasteiger partial charge in [-0.2, -0.15) is 14.8 Å². The summed E-state index contributed by atoms with van der Waals surface area (Å²) in [5.74, 6) is -0.597. The van der Waals surface area contributed by atoms with Gasteiger partial charge < -0.3 is 5.73 Å². The van der Waals surface area contributed by atoms with Gasteiger partial charge >= 0.3 is 0 Å². The van der Waals surface area contributed by atoms with Crippen molar-refractivity contribution < 1.29 is 4.39 Å². The number of nitriles is 1. The summed E-state index contributed by atoms with van der Waals surface area (Å²) in [7, 11) is 1.62. The number of aromatic nitrogens is 4. The molecule has 3 aromatic rings. The van der Waals surface area contributed by atoms with E-state index in [-0.39, 0.29) is 0 Å². The Bertz CT molecular complexity index is 994. The van der Waals surface area contributed by atoms with Crippen molar-refractivity contribution in [3.8, 4) is 17.3 Å². The van der Waals surface area contributed by atoms with Crippen molar-refractivity contribution in [3.63, 3.8) is 0 Å². The number of hydrogen-bond donors (Lipinski definition) is 1. The summed E-state index contributed by atoms with van der Waals surface area (Å²) in [6.07, 6.45) is 7.39. The molecular weight excluding hydrogens is 309 g/mol. The van der Waals surface area contributed by atoms with Crippen LogP contribution in [0.1, 0.15) is 11.3 Å². The summed E-state index contributed by atoms with van der Waals surface area (Å²) in [4.78, 5) is 12.1. The van der Waals surface area contributed by atoms with Crippen molar-refractivity contribution in [1.82, 2.24) is 19.6 Å². The highest BCUT2D eigenvalue weighted by atomic mass is 19.1. The molecule has 0 aliphatic carbocycles. The first kappa shape index (κ1) is 15.3. The van der Waals surface area contributed by atoms with Gasteiger partial charge in [-0.25, -0.2) is 14.5 Å². The van der Waals surface area contributed by atoms with E-state index in [0.29, 0.717) is 33.6 Å². The number of allylic oxidation sites excluding steroid dienone is 1. The second-order valence-corrected chi connectivity index (χ2v) is 4.82. The maximum Gasteiger partial charge on any atom is 0.212 e. The van der Waals surface area contributed by atoms with Gasteiger partial charge in [-0.05, 0) is 12.1 Å². The van der Waals surface area contributed by atoms with Gasteiger partial charge in [-0.1, -0.05) is 0 Å². The highest BCUT2D eigenvalue weighted by Gasteiger charge is 2.16. The molecule has 0 amide bonds. The molecule has 0 fully saturated rings. The second kappa shape index (κ2) is 6.26. The van der Waals surface area contributed by atoms with Crippen LogP contribution in [0, 0.1) is 17.3 Å². The van der Waals surface area contributed by atoms with Crippen LogP contribution in [0.2, 0.25) is 0 Å². The lowest BCUT2D eigenvalue weighted by molar-refractivity contribution is 0.584. The fraction of sp³-hybridized carbons (Fsp3) is 0.0625. The van der Waals surface area contributed by atoms with E-state index in [4.69, 9.17) is 5.73 Å². The number of pyridine rings is 1. The highest BCUT2D eigenvalue weighted by Crippen LogP contribution is 2.26. The maximum atomic E-state index is 13.1. The third-order valence-corrected chi connectivity index (χ3v) is 3.36. The molecule has 3 rings (SSSR count). The van der Waals surface area contributed by atoms with Gasteiger partial charge in [0.2, 0.25) is 5.95 Å². The first-order valence-electron chi connectivity index (χ1n) is 6.92. The first-order chi connectivity index (χ1) is 11.7. The third-order valence-electron chi connectivity index (χ3n) is 3.36. The van der Waals surface area contributed by atoms with Crippen LogP contribution >= 0.6 is 0 Å². The number of rotatable bonds is 3. The van der Waals surface area contributed by atoms with Crippen molar-refractivity contribution in [2.75, 3.05) is 7.05 Å². The van der Waals surface area contributed by atoms with Crippen LogP contribution in [0.3, 0.4) is 0 Å². The zero-order valence-electron chi connectivity index (χ0n) is 12.7. The van der Waals surface area contributed by atoms with Gasteiger partial charge in [0, 0.05) is 36.8 Å². The number of hydrogen-bond acceptors (Lipinski definition) is 6. The summed E-state index contributed by atoms with van der Waals surface area (Å²) in [5, 5.41) is 13.5. The molecule has 0 bridgehead atoms. The van der Waals surface area contributed by atoms with Gasteiger partial charge in [0.05, 0.1) is 23.8 Å². The molecular formula is C16H12FN7. The molecule has 0 aliphatic rings. The monoisotopic (exact) mass is 321 g/mol. The third kappa shape index (κ3) is 2.59. The predicted molar refractivity (Wildman–Crippen MR) is 87.5 cm³/mol. The van der Waals surface area contributed by atoms with Crippen molar-refractivity contribution in [1.29, 1.82) is 5.26 Å². The summed E-state index contributed by atoms with van der Waals surface area (Å²) >= 11 is 0. The number of aliphatic imine (C=N–C) groups is 1. The summed E-state index contributed by atoms with van der Waals surface area (Å²) in [6, 6.07) is 4.85. The van der Waals surface area contributed by atoms with Crippen LogP contribution in [-0.4, -0.2) is 32.8 Å². The molecule has 0 saturated carbocycles. The second-order valence-electron chi connectivity index (χ2n) is 4.82. The van der Waals surface area contributed by atoms with Crippen LogP contribution in [0.4, 0.5) is 4.39 Å². The standard InChI is InChI=1S/C16H12FN7/c1-20-6-11(4-18)13-9-24-16(12(5-19)8-22-24)15(23-13)10-2-3-14(17)21-7-10/h2-4,6-9H,18H2,1H3. The van der Waals surface area contributed by atoms with E-state index in [0.717, 1.165) is 0 Å². The minimum Gasteiger partial charge on any atom is -0.404 e. The molecule has 2 N–H and O–H groups in total. The number of nitrogens with two attached hydrogens (primary N) is 1. The van der Waals surface area contributed by atoms with E-state index in [1.54, 1.807) is 25.5 Å². The topological polar surface area (TPSA) is 105 Å². The lowest BCUT2D eigenvalue weighted by Gasteiger charge is -2.08. The average molecular weight is 321 g/mol. The lowest BCUT2D eigenvalue weighted by atomic mass is 10.1. The van der Waals surface area contributed by atoms with E-state index >= 15 is 0 Å². The van der Waals surface area contributed by atoms with Gasteiger partial charge in [-0.15, -0.1) is 0 Å². The Kier molecular flexibility index (Phi) is 3.99. The van der Waals surface area contributed by atoms with Crippen LogP contribution in [0.5, 0.6) is 0 Å². The summed E-state index contributed by atoms with van der Waals surface area (Å²) < 4.78 is 14.7. The molecule has 0 saturated heterocycles. The van der Waals surface area contributed by atoms with Crippen LogP contribution in [0.15, 0.2) is 41.9 Å². The van der Waals surface area contributed by atoms with Gasteiger partial charge in [0.25, 0.3) is 0 Å². The molecule has 3 heterocycles. The average Bonchev–Trinajstić information content (AvgIpc) is 3.02. The largest absolute Gasteiger partial charge is 0.404 e. The number of halogens is 1. The molecule has 0 spiro atoms. The molecule has 0 unspecified atom stereocenters. The Hall–Kier alpha value is -3.60. The molecule has 118 valence electrons. The van der Waals surface area contributed by atoms with Crippen LogP contribution in [0.25, 0.3) is 22.3 Å². The SMILES string of the molecule is CN=CC(=CN)c1cn2ncc(C#N)c2c(-c2ccc(F)nc2)n1. The molecule has 24 heavy (non-hydrogen) atoms. The van der Waals surface area contributed by atoms with Crippen molar-refractivity contribution in [2.45, 2.75) is 0 Å². The van der Waals surface area contributed by atoms with Gasteiger partial charge in [-0.3, -0.25) is 4.99 Å². The molecule has 7 nitrogen and oxygen atoms in total. The highest BCUT2D eigenvalue weighted by molar-refractivity contribution is 6.09. The van der Waals surface area contributed by atoms with E-state index in [1.807, 2.05) is 0 Å². The Morgan fingerprint density at radius 3 is 2.88 bits per heavy atom.